The van der Waals surface area contributed by atoms with E-state index in [-0.39, 0.29) is 12.5 Å². The highest BCUT2D eigenvalue weighted by molar-refractivity contribution is 6.36. The zero-order chi connectivity index (χ0) is 15.9. The Kier molecular flexibility index (Phi) is 5.95. The van der Waals surface area contributed by atoms with Crippen molar-refractivity contribution in [2.24, 2.45) is 0 Å². The van der Waals surface area contributed by atoms with E-state index in [0.29, 0.717) is 21.3 Å². The standard InChI is InChI=1S/C16H14Cl2N2O2/c17-12-5-3-6-13(18)16(12)14(21)10-20-15(22)8-7-11-4-1-2-9-19-11/h1-9,14,21H,10H2,(H,20,22)/b8-7+. The number of nitrogens with zero attached hydrogens (tertiary/aromatic N) is 1. The number of aromatic nitrogens is 1. The van der Waals surface area contributed by atoms with Gasteiger partial charge >= 0.3 is 0 Å². The van der Waals surface area contributed by atoms with E-state index < -0.39 is 6.10 Å². The van der Waals surface area contributed by atoms with Crippen LogP contribution < -0.4 is 5.32 Å². The molecule has 6 heteroatoms. The van der Waals surface area contributed by atoms with Crippen LogP contribution in [0.5, 0.6) is 0 Å². The highest BCUT2D eigenvalue weighted by Gasteiger charge is 2.15. The zero-order valence-electron chi connectivity index (χ0n) is 11.5. The minimum absolute atomic E-state index is 0.00877. The van der Waals surface area contributed by atoms with Gasteiger partial charge in [-0.1, -0.05) is 35.3 Å². The van der Waals surface area contributed by atoms with E-state index >= 15 is 0 Å². The molecule has 0 aliphatic heterocycles. The lowest BCUT2D eigenvalue weighted by Gasteiger charge is -2.14. The van der Waals surface area contributed by atoms with E-state index in [1.54, 1.807) is 42.6 Å². The number of nitrogens with one attached hydrogen (secondary N) is 1. The molecule has 0 aliphatic carbocycles. The first-order chi connectivity index (χ1) is 10.6. The predicted molar refractivity (Wildman–Crippen MR) is 87.7 cm³/mol. The van der Waals surface area contributed by atoms with E-state index in [1.165, 1.54) is 6.08 Å². The van der Waals surface area contributed by atoms with Gasteiger partial charge in [0.2, 0.25) is 5.91 Å². The summed E-state index contributed by atoms with van der Waals surface area (Å²) < 4.78 is 0. The number of carbonyl (C=O) groups excluding carboxylic acids is 1. The average Bonchev–Trinajstić information content (AvgIpc) is 2.52. The van der Waals surface area contributed by atoms with Gasteiger partial charge in [0.1, 0.15) is 0 Å². The van der Waals surface area contributed by atoms with Crippen LogP contribution in [0.1, 0.15) is 17.4 Å². The number of halogens is 2. The maximum absolute atomic E-state index is 11.7. The Morgan fingerprint density at radius 1 is 1.23 bits per heavy atom. The molecule has 114 valence electrons. The van der Waals surface area contributed by atoms with Crippen LogP contribution in [-0.4, -0.2) is 22.5 Å². The molecule has 0 spiro atoms. The second-order valence-corrected chi connectivity index (χ2v) is 5.30. The molecule has 0 radical (unpaired) electrons. The molecule has 0 fully saturated rings. The summed E-state index contributed by atoms with van der Waals surface area (Å²) in [5.41, 5.74) is 1.08. The fourth-order valence-corrected chi connectivity index (χ4v) is 2.47. The Morgan fingerprint density at radius 3 is 2.59 bits per heavy atom. The maximum atomic E-state index is 11.7. The van der Waals surface area contributed by atoms with Crippen LogP contribution in [0, 0.1) is 0 Å². The van der Waals surface area contributed by atoms with Gasteiger partial charge < -0.3 is 10.4 Å². The lowest BCUT2D eigenvalue weighted by atomic mass is 10.1. The smallest absolute Gasteiger partial charge is 0.244 e. The van der Waals surface area contributed by atoms with Crippen LogP contribution in [0.15, 0.2) is 48.7 Å². The number of amides is 1. The van der Waals surface area contributed by atoms with Crippen molar-refractivity contribution in [2.75, 3.05) is 6.54 Å². The Hall–Kier alpha value is -1.88. The van der Waals surface area contributed by atoms with E-state index in [2.05, 4.69) is 10.3 Å². The molecule has 22 heavy (non-hydrogen) atoms. The predicted octanol–water partition coefficient (Wildman–Crippen LogP) is 3.25. The van der Waals surface area contributed by atoms with Gasteiger partial charge in [0.05, 0.1) is 11.8 Å². The van der Waals surface area contributed by atoms with E-state index in [0.717, 1.165) is 0 Å². The fourth-order valence-electron chi connectivity index (χ4n) is 1.82. The number of carbonyl (C=O) groups is 1. The van der Waals surface area contributed by atoms with Gasteiger partial charge in [-0.05, 0) is 30.3 Å². The summed E-state index contributed by atoms with van der Waals surface area (Å²) >= 11 is 12.0. The Morgan fingerprint density at radius 2 is 1.95 bits per heavy atom. The average molecular weight is 337 g/mol. The first kappa shape index (κ1) is 16.5. The Bertz CT molecular complexity index is 655. The monoisotopic (exact) mass is 336 g/mol. The van der Waals surface area contributed by atoms with Crippen molar-refractivity contribution in [3.63, 3.8) is 0 Å². The highest BCUT2D eigenvalue weighted by atomic mass is 35.5. The Balaban J connectivity index is 1.92. The summed E-state index contributed by atoms with van der Waals surface area (Å²) in [5, 5.41) is 13.4. The molecule has 1 aromatic heterocycles. The minimum atomic E-state index is -0.978. The topological polar surface area (TPSA) is 62.2 Å². The molecule has 2 rings (SSSR count). The maximum Gasteiger partial charge on any atom is 0.244 e. The SMILES string of the molecule is O=C(/C=C/c1ccccn1)NCC(O)c1c(Cl)cccc1Cl. The van der Waals surface area contributed by atoms with E-state index in [1.807, 2.05) is 6.07 Å². The molecule has 0 bridgehead atoms. The van der Waals surface area contributed by atoms with Crippen LogP contribution in [-0.2, 0) is 4.79 Å². The summed E-state index contributed by atoms with van der Waals surface area (Å²) in [7, 11) is 0. The quantitative estimate of drug-likeness (QED) is 0.824. The van der Waals surface area contributed by atoms with Crippen LogP contribution >= 0.6 is 23.2 Å². The molecule has 2 aromatic rings. The number of aliphatic hydroxyl groups is 1. The van der Waals surface area contributed by atoms with Crippen molar-refractivity contribution in [2.45, 2.75) is 6.10 Å². The summed E-state index contributed by atoms with van der Waals surface area (Å²) in [6, 6.07) is 10.4. The second-order valence-electron chi connectivity index (χ2n) is 4.48. The molecule has 4 nitrogen and oxygen atoms in total. The highest BCUT2D eigenvalue weighted by Crippen LogP contribution is 2.29. The molecule has 1 aromatic carbocycles. The van der Waals surface area contributed by atoms with Crippen molar-refractivity contribution >= 4 is 35.2 Å². The van der Waals surface area contributed by atoms with Gasteiger partial charge in [-0.25, -0.2) is 0 Å². The third-order valence-corrected chi connectivity index (χ3v) is 3.55. The number of aliphatic hydroxyl groups excluding tert-OH is 1. The molecule has 1 unspecified atom stereocenters. The summed E-state index contributed by atoms with van der Waals surface area (Å²) in [4.78, 5) is 15.8. The second kappa shape index (κ2) is 7.94. The zero-order valence-corrected chi connectivity index (χ0v) is 13.1. The lowest BCUT2D eigenvalue weighted by molar-refractivity contribution is -0.116. The van der Waals surface area contributed by atoms with Gasteiger partial charge in [0, 0.05) is 34.4 Å². The Labute approximate surface area is 138 Å². The normalized spacial score (nSPS) is 12.3. The first-order valence-electron chi connectivity index (χ1n) is 6.57. The fraction of sp³-hybridized carbons (Fsp3) is 0.125. The van der Waals surface area contributed by atoms with Gasteiger partial charge in [-0.3, -0.25) is 9.78 Å². The van der Waals surface area contributed by atoms with Crippen molar-refractivity contribution in [1.82, 2.24) is 10.3 Å². The van der Waals surface area contributed by atoms with Crippen LogP contribution in [0.25, 0.3) is 6.08 Å². The minimum Gasteiger partial charge on any atom is -0.386 e. The van der Waals surface area contributed by atoms with Gasteiger partial charge in [-0.15, -0.1) is 0 Å². The molecule has 2 N–H and O–H groups in total. The number of hydrogen-bond acceptors (Lipinski definition) is 3. The molecule has 1 heterocycles. The first-order valence-corrected chi connectivity index (χ1v) is 7.32. The lowest BCUT2D eigenvalue weighted by Crippen LogP contribution is -2.27. The summed E-state index contributed by atoms with van der Waals surface area (Å²) in [6.07, 6.45) is 3.60. The van der Waals surface area contributed by atoms with Crippen LogP contribution in [0.4, 0.5) is 0 Å². The number of hydrogen-bond donors (Lipinski definition) is 2. The number of benzene rings is 1. The van der Waals surface area contributed by atoms with Crippen LogP contribution in [0.3, 0.4) is 0 Å². The van der Waals surface area contributed by atoms with Crippen molar-refractivity contribution < 1.29 is 9.90 Å². The van der Waals surface area contributed by atoms with Crippen molar-refractivity contribution in [3.8, 4) is 0 Å². The molecule has 1 atom stereocenters. The molecular weight excluding hydrogens is 323 g/mol. The number of pyridine rings is 1. The van der Waals surface area contributed by atoms with Crippen LogP contribution in [0.2, 0.25) is 10.0 Å². The summed E-state index contributed by atoms with van der Waals surface area (Å²) in [6.45, 7) is 0.00877. The van der Waals surface area contributed by atoms with E-state index in [9.17, 15) is 9.90 Å². The molecular formula is C16H14Cl2N2O2. The van der Waals surface area contributed by atoms with Crippen molar-refractivity contribution in [3.05, 3.63) is 70.0 Å². The molecule has 0 saturated heterocycles. The molecule has 0 aliphatic rings. The number of rotatable bonds is 5. The van der Waals surface area contributed by atoms with Gasteiger partial charge in [0.15, 0.2) is 0 Å². The summed E-state index contributed by atoms with van der Waals surface area (Å²) in [5.74, 6) is -0.340. The van der Waals surface area contributed by atoms with Crippen molar-refractivity contribution in [1.29, 1.82) is 0 Å². The van der Waals surface area contributed by atoms with E-state index in [4.69, 9.17) is 23.2 Å². The molecule has 1 amide bonds. The third-order valence-electron chi connectivity index (χ3n) is 2.90. The third kappa shape index (κ3) is 4.56. The van der Waals surface area contributed by atoms with Gasteiger partial charge in [-0.2, -0.15) is 0 Å². The largest absolute Gasteiger partial charge is 0.386 e. The van der Waals surface area contributed by atoms with Gasteiger partial charge in [0.25, 0.3) is 0 Å². The molecule has 0 saturated carbocycles.